The number of aromatic nitrogens is 4. The van der Waals surface area contributed by atoms with E-state index in [0.717, 1.165) is 30.3 Å². The number of anilines is 2. The van der Waals surface area contributed by atoms with E-state index in [2.05, 4.69) is 15.5 Å². The summed E-state index contributed by atoms with van der Waals surface area (Å²) >= 11 is 0. The van der Waals surface area contributed by atoms with Gasteiger partial charge in [-0.1, -0.05) is 25.7 Å². The fraction of sp³-hybridized carbons (Fsp3) is 0.500. The predicted molar refractivity (Wildman–Crippen MR) is 78.7 cm³/mol. The van der Waals surface area contributed by atoms with Crippen LogP contribution < -0.4 is 11.5 Å². The molecule has 1 aromatic heterocycles. The van der Waals surface area contributed by atoms with Gasteiger partial charge < -0.3 is 11.5 Å². The molecule has 0 unspecified atom stereocenters. The Morgan fingerprint density at radius 3 is 2.75 bits per heavy atom. The summed E-state index contributed by atoms with van der Waals surface area (Å²) in [6.07, 6.45) is 6.52. The predicted octanol–water partition coefficient (Wildman–Crippen LogP) is 2.08. The second kappa shape index (κ2) is 5.48. The molecule has 0 radical (unpaired) electrons. The molecule has 1 aromatic carbocycles. The van der Waals surface area contributed by atoms with E-state index in [1.165, 1.54) is 25.7 Å². The topological polar surface area (TPSA) is 95.6 Å². The minimum atomic E-state index is 0.613. The van der Waals surface area contributed by atoms with E-state index in [1.54, 1.807) is 6.07 Å². The van der Waals surface area contributed by atoms with Crippen molar-refractivity contribution in [1.82, 2.24) is 20.2 Å². The molecule has 6 heteroatoms. The quantitative estimate of drug-likeness (QED) is 0.831. The summed E-state index contributed by atoms with van der Waals surface area (Å²) < 4.78 is 1.85. The number of aryl methyl sites for hydroxylation is 1. The van der Waals surface area contributed by atoms with Crippen molar-refractivity contribution in [2.75, 3.05) is 11.5 Å². The lowest BCUT2D eigenvalue weighted by atomic mass is 10.0. The van der Waals surface area contributed by atoms with Crippen LogP contribution in [-0.2, 0) is 6.54 Å². The van der Waals surface area contributed by atoms with Crippen LogP contribution in [0.2, 0.25) is 0 Å². The zero-order valence-electron chi connectivity index (χ0n) is 11.5. The third kappa shape index (κ3) is 2.59. The molecule has 106 valence electrons. The van der Waals surface area contributed by atoms with Gasteiger partial charge in [0.1, 0.15) is 0 Å². The Morgan fingerprint density at radius 1 is 1.20 bits per heavy atom. The lowest BCUT2D eigenvalue weighted by Crippen LogP contribution is -2.08. The molecule has 6 nitrogen and oxygen atoms in total. The highest BCUT2D eigenvalue weighted by molar-refractivity contribution is 5.74. The van der Waals surface area contributed by atoms with Crippen LogP contribution in [0.4, 0.5) is 11.4 Å². The van der Waals surface area contributed by atoms with Gasteiger partial charge in [-0.25, -0.2) is 4.68 Å². The molecule has 1 fully saturated rings. The lowest BCUT2D eigenvalue weighted by molar-refractivity contribution is 0.436. The molecule has 1 saturated carbocycles. The SMILES string of the molecule is Nc1ccc(-c2nnnn2CCC2CCCC2)c(N)c1. The maximum atomic E-state index is 6.01. The largest absolute Gasteiger partial charge is 0.399 e. The Kier molecular flexibility index (Phi) is 3.54. The zero-order chi connectivity index (χ0) is 13.9. The molecule has 1 aliphatic carbocycles. The van der Waals surface area contributed by atoms with Crippen molar-refractivity contribution in [2.45, 2.75) is 38.6 Å². The Labute approximate surface area is 118 Å². The molecule has 4 N–H and O–H groups in total. The maximum absolute atomic E-state index is 6.01. The average Bonchev–Trinajstić information content (AvgIpc) is 3.07. The maximum Gasteiger partial charge on any atom is 0.184 e. The summed E-state index contributed by atoms with van der Waals surface area (Å²) in [6.45, 7) is 0.844. The van der Waals surface area contributed by atoms with E-state index in [9.17, 15) is 0 Å². The zero-order valence-corrected chi connectivity index (χ0v) is 11.5. The van der Waals surface area contributed by atoms with E-state index in [-0.39, 0.29) is 0 Å². The first kappa shape index (κ1) is 12.9. The van der Waals surface area contributed by atoms with Crippen LogP contribution >= 0.6 is 0 Å². The normalized spacial score (nSPS) is 15.8. The number of benzene rings is 1. The monoisotopic (exact) mass is 272 g/mol. The van der Waals surface area contributed by atoms with E-state index in [1.807, 2.05) is 16.8 Å². The van der Waals surface area contributed by atoms with Gasteiger partial charge in [0.2, 0.25) is 0 Å². The number of nitrogens with two attached hydrogens (primary N) is 2. The van der Waals surface area contributed by atoms with Crippen molar-refractivity contribution in [2.24, 2.45) is 5.92 Å². The third-order valence-electron chi connectivity index (χ3n) is 4.07. The van der Waals surface area contributed by atoms with Crippen LogP contribution in [-0.4, -0.2) is 20.2 Å². The van der Waals surface area contributed by atoms with Gasteiger partial charge in [-0.05, 0) is 41.0 Å². The van der Waals surface area contributed by atoms with Crippen molar-refractivity contribution in [3.8, 4) is 11.4 Å². The molecule has 1 aliphatic rings. The fourth-order valence-corrected chi connectivity index (χ4v) is 2.94. The first-order valence-electron chi connectivity index (χ1n) is 7.15. The Balaban J connectivity index is 1.78. The van der Waals surface area contributed by atoms with Gasteiger partial charge in [0, 0.05) is 23.5 Å². The average molecular weight is 272 g/mol. The summed E-state index contributed by atoms with van der Waals surface area (Å²) in [5, 5.41) is 12.0. The number of hydrogen-bond donors (Lipinski definition) is 2. The van der Waals surface area contributed by atoms with Crippen molar-refractivity contribution < 1.29 is 0 Å². The highest BCUT2D eigenvalue weighted by Crippen LogP contribution is 2.29. The highest BCUT2D eigenvalue weighted by Gasteiger charge is 2.17. The molecule has 0 atom stereocenters. The molecule has 0 amide bonds. The highest BCUT2D eigenvalue weighted by atomic mass is 15.5. The van der Waals surface area contributed by atoms with Crippen molar-refractivity contribution in [3.05, 3.63) is 18.2 Å². The van der Waals surface area contributed by atoms with Gasteiger partial charge in [0.15, 0.2) is 5.82 Å². The van der Waals surface area contributed by atoms with Crippen LogP contribution in [0.1, 0.15) is 32.1 Å². The summed E-state index contributed by atoms with van der Waals surface area (Å²) in [5.41, 5.74) is 13.8. The van der Waals surface area contributed by atoms with Gasteiger partial charge in [-0.2, -0.15) is 0 Å². The summed E-state index contributed by atoms with van der Waals surface area (Å²) in [4.78, 5) is 0. The number of nitrogens with zero attached hydrogens (tertiary/aromatic N) is 4. The van der Waals surface area contributed by atoms with E-state index < -0.39 is 0 Å². The Morgan fingerprint density at radius 2 is 2.00 bits per heavy atom. The minimum absolute atomic E-state index is 0.613. The molecule has 0 saturated heterocycles. The molecule has 2 aromatic rings. The number of tetrazole rings is 1. The smallest absolute Gasteiger partial charge is 0.184 e. The molecule has 0 bridgehead atoms. The van der Waals surface area contributed by atoms with Gasteiger partial charge >= 0.3 is 0 Å². The lowest BCUT2D eigenvalue weighted by Gasteiger charge is -2.10. The van der Waals surface area contributed by atoms with Crippen molar-refractivity contribution >= 4 is 11.4 Å². The van der Waals surface area contributed by atoms with Gasteiger partial charge in [0.25, 0.3) is 0 Å². The van der Waals surface area contributed by atoms with Gasteiger partial charge in [-0.15, -0.1) is 5.10 Å². The van der Waals surface area contributed by atoms with Crippen LogP contribution in [0.3, 0.4) is 0 Å². The minimum Gasteiger partial charge on any atom is -0.399 e. The van der Waals surface area contributed by atoms with E-state index in [0.29, 0.717) is 11.4 Å². The number of nitrogen functional groups attached to an aromatic ring is 2. The van der Waals surface area contributed by atoms with Gasteiger partial charge in [-0.3, -0.25) is 0 Å². The van der Waals surface area contributed by atoms with E-state index in [4.69, 9.17) is 11.5 Å². The number of rotatable bonds is 4. The molecular weight excluding hydrogens is 252 g/mol. The van der Waals surface area contributed by atoms with Crippen molar-refractivity contribution in [3.63, 3.8) is 0 Å². The Hall–Kier alpha value is -2.11. The van der Waals surface area contributed by atoms with E-state index >= 15 is 0 Å². The standard InChI is InChI=1S/C14H20N6/c15-11-5-6-12(13(16)9-11)14-17-18-19-20(14)8-7-10-3-1-2-4-10/h5-6,9-10H,1-4,7-8,15-16H2. The van der Waals surface area contributed by atoms with Crippen LogP contribution in [0.5, 0.6) is 0 Å². The van der Waals surface area contributed by atoms with Crippen LogP contribution in [0.15, 0.2) is 18.2 Å². The summed E-state index contributed by atoms with van der Waals surface area (Å²) in [7, 11) is 0. The molecule has 0 aliphatic heterocycles. The molecular formula is C14H20N6. The van der Waals surface area contributed by atoms with Crippen LogP contribution in [0, 0.1) is 5.92 Å². The van der Waals surface area contributed by atoms with Gasteiger partial charge in [0.05, 0.1) is 0 Å². The molecule has 20 heavy (non-hydrogen) atoms. The first-order chi connectivity index (χ1) is 9.74. The summed E-state index contributed by atoms with van der Waals surface area (Å²) in [6, 6.07) is 5.44. The molecule has 0 spiro atoms. The Bertz CT molecular complexity index is 585. The summed E-state index contributed by atoms with van der Waals surface area (Å²) in [5.74, 6) is 1.54. The first-order valence-corrected chi connectivity index (χ1v) is 7.15. The fourth-order valence-electron chi connectivity index (χ4n) is 2.94. The van der Waals surface area contributed by atoms with Crippen molar-refractivity contribution in [1.29, 1.82) is 0 Å². The second-order valence-corrected chi connectivity index (χ2v) is 5.51. The number of hydrogen-bond acceptors (Lipinski definition) is 5. The molecule has 1 heterocycles. The second-order valence-electron chi connectivity index (χ2n) is 5.51. The third-order valence-corrected chi connectivity index (χ3v) is 4.07. The molecule has 3 rings (SSSR count). The van der Waals surface area contributed by atoms with Crippen LogP contribution in [0.25, 0.3) is 11.4 Å².